The van der Waals surface area contributed by atoms with Crippen molar-refractivity contribution in [1.82, 2.24) is 14.9 Å². The number of pyridine rings is 1. The second-order valence-electron chi connectivity index (χ2n) is 10.9. The molecule has 0 spiro atoms. The molecule has 7 rings (SSSR count). The van der Waals surface area contributed by atoms with Crippen LogP contribution in [0, 0.1) is 0 Å². The molecule has 0 saturated carbocycles. The molecule has 0 unspecified atom stereocenters. The van der Waals surface area contributed by atoms with Crippen molar-refractivity contribution >= 4 is 37.6 Å². The van der Waals surface area contributed by atoms with E-state index in [4.69, 9.17) is 9.72 Å². The van der Waals surface area contributed by atoms with Crippen molar-refractivity contribution in [3.8, 4) is 22.3 Å². The molecule has 1 fully saturated rings. The summed E-state index contributed by atoms with van der Waals surface area (Å²) in [4.78, 5) is 11.0. The summed E-state index contributed by atoms with van der Waals surface area (Å²) in [5.41, 5.74) is 7.72. The van der Waals surface area contributed by atoms with Gasteiger partial charge in [-0.2, -0.15) is 0 Å². The SMILES string of the molecule is CN(c1ccc2[nH]c3ncc(-c4ccc(CN5CCOCC5)cc4)c(-c4ccccc4)c3c2c1)S(=O)(=O)c1ccccc1. The molecule has 0 aliphatic carbocycles. The third-order valence-electron chi connectivity index (χ3n) is 8.21. The quantitative estimate of drug-likeness (QED) is 0.224. The summed E-state index contributed by atoms with van der Waals surface area (Å²) in [7, 11) is -2.13. The van der Waals surface area contributed by atoms with Crippen molar-refractivity contribution < 1.29 is 13.2 Å². The van der Waals surface area contributed by atoms with Gasteiger partial charge in [-0.05, 0) is 47.0 Å². The maximum Gasteiger partial charge on any atom is 0.264 e. The van der Waals surface area contributed by atoms with Crippen LogP contribution in [-0.2, 0) is 21.3 Å². The van der Waals surface area contributed by atoms with Crippen LogP contribution in [-0.4, -0.2) is 56.6 Å². The summed E-state index contributed by atoms with van der Waals surface area (Å²) >= 11 is 0. The lowest BCUT2D eigenvalue weighted by Gasteiger charge is -2.26. The van der Waals surface area contributed by atoms with Crippen LogP contribution in [0.25, 0.3) is 44.2 Å². The van der Waals surface area contributed by atoms with Crippen molar-refractivity contribution in [3.63, 3.8) is 0 Å². The minimum Gasteiger partial charge on any atom is -0.379 e. The Morgan fingerprint density at radius 2 is 1.56 bits per heavy atom. The lowest BCUT2D eigenvalue weighted by molar-refractivity contribution is 0.0342. The fourth-order valence-corrected chi connectivity index (χ4v) is 7.07. The van der Waals surface area contributed by atoms with E-state index in [9.17, 15) is 8.42 Å². The molecule has 0 radical (unpaired) electrons. The van der Waals surface area contributed by atoms with Crippen molar-refractivity contribution in [3.05, 3.63) is 115 Å². The highest BCUT2D eigenvalue weighted by Crippen LogP contribution is 2.41. The number of hydrogen-bond donors (Lipinski definition) is 1. The first kappa shape index (κ1) is 27.3. The molecular weight excluding hydrogens is 556 g/mol. The summed E-state index contributed by atoms with van der Waals surface area (Å²) in [6, 6.07) is 33.3. The van der Waals surface area contributed by atoms with E-state index < -0.39 is 10.0 Å². The molecule has 8 heteroatoms. The molecule has 1 aliphatic heterocycles. The Kier molecular flexibility index (Phi) is 7.18. The molecule has 1 saturated heterocycles. The van der Waals surface area contributed by atoms with Crippen LogP contribution in [0.15, 0.2) is 114 Å². The number of anilines is 1. The maximum absolute atomic E-state index is 13.4. The van der Waals surface area contributed by atoms with Crippen molar-refractivity contribution in [1.29, 1.82) is 0 Å². The van der Waals surface area contributed by atoms with Gasteiger partial charge in [-0.1, -0.05) is 72.8 Å². The monoisotopic (exact) mass is 588 g/mol. The molecule has 0 bridgehead atoms. The fraction of sp³-hybridized carbons (Fsp3) is 0.171. The lowest BCUT2D eigenvalue weighted by Crippen LogP contribution is -2.35. The van der Waals surface area contributed by atoms with Gasteiger partial charge >= 0.3 is 0 Å². The van der Waals surface area contributed by atoms with Crippen LogP contribution in [0.2, 0.25) is 0 Å². The van der Waals surface area contributed by atoms with Gasteiger partial charge in [0.1, 0.15) is 5.65 Å². The minimum atomic E-state index is -3.73. The van der Waals surface area contributed by atoms with E-state index in [0.29, 0.717) is 5.69 Å². The summed E-state index contributed by atoms with van der Waals surface area (Å²) in [5, 5.41) is 1.88. The molecule has 0 amide bonds. The first-order valence-corrected chi connectivity index (χ1v) is 15.9. The average molecular weight is 589 g/mol. The van der Waals surface area contributed by atoms with Crippen LogP contribution in [0.4, 0.5) is 5.69 Å². The first-order chi connectivity index (χ1) is 21.0. The summed E-state index contributed by atoms with van der Waals surface area (Å²) in [5.74, 6) is 0. The topological polar surface area (TPSA) is 78.5 Å². The van der Waals surface area contributed by atoms with E-state index in [0.717, 1.165) is 77.0 Å². The van der Waals surface area contributed by atoms with Crippen LogP contribution in [0.5, 0.6) is 0 Å². The smallest absolute Gasteiger partial charge is 0.264 e. The molecular formula is C35H32N4O3S. The molecule has 0 atom stereocenters. The molecule has 6 aromatic rings. The van der Waals surface area contributed by atoms with Gasteiger partial charge in [0, 0.05) is 60.3 Å². The first-order valence-electron chi connectivity index (χ1n) is 14.4. The number of nitrogens with zero attached hydrogens (tertiary/aromatic N) is 3. The van der Waals surface area contributed by atoms with Gasteiger partial charge in [-0.15, -0.1) is 0 Å². The van der Waals surface area contributed by atoms with Crippen molar-refractivity contribution in [2.24, 2.45) is 0 Å². The number of aromatic nitrogens is 2. The summed E-state index contributed by atoms with van der Waals surface area (Å²) in [6.07, 6.45) is 1.93. The second-order valence-corrected chi connectivity index (χ2v) is 12.8. The van der Waals surface area contributed by atoms with E-state index in [1.807, 2.05) is 48.7 Å². The van der Waals surface area contributed by atoms with Gasteiger partial charge < -0.3 is 9.72 Å². The van der Waals surface area contributed by atoms with E-state index in [1.54, 1.807) is 31.3 Å². The van der Waals surface area contributed by atoms with Gasteiger partial charge in [0.15, 0.2) is 0 Å². The van der Waals surface area contributed by atoms with E-state index in [2.05, 4.69) is 46.3 Å². The van der Waals surface area contributed by atoms with Crippen LogP contribution in [0.1, 0.15) is 5.56 Å². The molecule has 1 aliphatic rings. The van der Waals surface area contributed by atoms with Gasteiger partial charge in [0.25, 0.3) is 10.0 Å². The standard InChI is InChI=1S/C35H32N4O3S/c1-38(43(40,41)29-10-6-3-7-11-29)28-16-17-32-30(22-28)34-33(27-8-4-2-5-9-27)31(23-36-35(34)37-32)26-14-12-25(13-15-26)24-39-18-20-42-21-19-39/h2-17,22-23H,18-21,24H2,1H3,(H,36,37). The zero-order chi connectivity index (χ0) is 29.4. The van der Waals surface area contributed by atoms with Gasteiger partial charge in [-0.3, -0.25) is 9.21 Å². The number of fused-ring (bicyclic) bond motifs is 3. The zero-order valence-corrected chi connectivity index (χ0v) is 24.7. The summed E-state index contributed by atoms with van der Waals surface area (Å²) in [6.45, 7) is 4.36. The number of H-pyrrole nitrogens is 1. The second kappa shape index (κ2) is 11.3. The zero-order valence-electron chi connectivity index (χ0n) is 23.9. The van der Waals surface area contributed by atoms with Crippen LogP contribution in [0.3, 0.4) is 0 Å². The molecule has 43 heavy (non-hydrogen) atoms. The highest BCUT2D eigenvalue weighted by atomic mass is 32.2. The number of benzene rings is 4. The Balaban J connectivity index is 1.35. The molecule has 216 valence electrons. The third-order valence-corrected chi connectivity index (χ3v) is 10.0. The van der Waals surface area contributed by atoms with E-state index in [-0.39, 0.29) is 4.90 Å². The molecule has 4 aromatic carbocycles. The van der Waals surface area contributed by atoms with Gasteiger partial charge in [0.2, 0.25) is 0 Å². The van der Waals surface area contributed by atoms with Gasteiger partial charge in [0.05, 0.1) is 23.8 Å². The molecule has 2 aromatic heterocycles. The number of ether oxygens (including phenoxy) is 1. The Morgan fingerprint density at radius 1 is 0.860 bits per heavy atom. The minimum absolute atomic E-state index is 0.252. The molecule has 1 N–H and O–H groups in total. The number of rotatable bonds is 7. The third kappa shape index (κ3) is 5.18. The average Bonchev–Trinajstić information content (AvgIpc) is 3.43. The van der Waals surface area contributed by atoms with Gasteiger partial charge in [-0.25, -0.2) is 13.4 Å². The fourth-order valence-electron chi connectivity index (χ4n) is 5.86. The van der Waals surface area contributed by atoms with E-state index in [1.165, 1.54) is 9.87 Å². The number of hydrogen-bond acceptors (Lipinski definition) is 5. The maximum atomic E-state index is 13.4. The number of sulfonamides is 1. The van der Waals surface area contributed by atoms with Crippen molar-refractivity contribution in [2.75, 3.05) is 37.7 Å². The molecule has 3 heterocycles. The highest BCUT2D eigenvalue weighted by Gasteiger charge is 2.23. The normalized spacial score (nSPS) is 14.3. The lowest BCUT2D eigenvalue weighted by atomic mass is 9.92. The van der Waals surface area contributed by atoms with Crippen LogP contribution < -0.4 is 4.31 Å². The Morgan fingerprint density at radius 3 is 2.28 bits per heavy atom. The molecule has 7 nitrogen and oxygen atoms in total. The number of morpholine rings is 1. The Hall–Kier alpha value is -4.50. The summed E-state index contributed by atoms with van der Waals surface area (Å²) < 4.78 is 33.7. The van der Waals surface area contributed by atoms with E-state index >= 15 is 0 Å². The Labute approximate surface area is 251 Å². The predicted octanol–water partition coefficient (Wildman–Crippen LogP) is 6.71. The van der Waals surface area contributed by atoms with Crippen molar-refractivity contribution in [2.45, 2.75) is 11.4 Å². The predicted molar refractivity (Wildman–Crippen MR) is 173 cm³/mol. The highest BCUT2D eigenvalue weighted by molar-refractivity contribution is 7.92. The Bertz CT molecular complexity index is 2000. The number of nitrogens with one attached hydrogen (secondary N) is 1. The van der Waals surface area contributed by atoms with Crippen LogP contribution >= 0.6 is 0 Å². The largest absolute Gasteiger partial charge is 0.379 e. The number of aromatic amines is 1.